The fourth-order valence-corrected chi connectivity index (χ4v) is 2.92. The van der Waals surface area contributed by atoms with Gasteiger partial charge in [-0.1, -0.05) is 0 Å². The van der Waals surface area contributed by atoms with Crippen molar-refractivity contribution >= 4 is 11.7 Å². The Morgan fingerprint density at radius 3 is 2.38 bits per heavy atom. The lowest BCUT2D eigenvalue weighted by Crippen LogP contribution is -2.41. The molecule has 1 aromatic carbocycles. The molecule has 2 amide bonds. The van der Waals surface area contributed by atoms with E-state index in [9.17, 15) is 9.90 Å². The highest BCUT2D eigenvalue weighted by Crippen LogP contribution is 2.42. The SMILES string of the molecule is COc1cc(NC(=O)NCCC2(O)CCC2)c(OC)c(C)c1OC. The monoisotopic (exact) mass is 338 g/mol. The number of ether oxygens (including phenoxy) is 3. The molecule has 0 atom stereocenters. The molecular weight excluding hydrogens is 312 g/mol. The van der Waals surface area contributed by atoms with Crippen molar-refractivity contribution in [1.82, 2.24) is 5.32 Å². The Labute approximate surface area is 142 Å². The van der Waals surface area contributed by atoms with Crippen LogP contribution >= 0.6 is 0 Å². The summed E-state index contributed by atoms with van der Waals surface area (Å²) in [5, 5.41) is 15.5. The second-order valence-electron chi connectivity index (χ2n) is 6.03. The Morgan fingerprint density at radius 2 is 1.88 bits per heavy atom. The smallest absolute Gasteiger partial charge is 0.319 e. The molecule has 7 heteroatoms. The third kappa shape index (κ3) is 3.84. The minimum Gasteiger partial charge on any atom is -0.494 e. The summed E-state index contributed by atoms with van der Waals surface area (Å²) in [5.74, 6) is 1.59. The van der Waals surface area contributed by atoms with Crippen LogP contribution in [-0.4, -0.2) is 44.6 Å². The normalized spacial score (nSPS) is 15.2. The van der Waals surface area contributed by atoms with E-state index in [1.165, 1.54) is 14.2 Å². The zero-order valence-electron chi connectivity index (χ0n) is 14.7. The summed E-state index contributed by atoms with van der Waals surface area (Å²) in [7, 11) is 4.62. The average Bonchev–Trinajstić information content (AvgIpc) is 2.53. The van der Waals surface area contributed by atoms with Crippen molar-refractivity contribution in [2.45, 2.75) is 38.2 Å². The molecule has 7 nitrogen and oxygen atoms in total. The molecule has 0 radical (unpaired) electrons. The van der Waals surface area contributed by atoms with Crippen molar-refractivity contribution in [2.24, 2.45) is 0 Å². The predicted molar refractivity (Wildman–Crippen MR) is 91.3 cm³/mol. The van der Waals surface area contributed by atoms with Gasteiger partial charge in [-0.15, -0.1) is 0 Å². The second-order valence-corrected chi connectivity index (χ2v) is 6.03. The number of hydrogen-bond acceptors (Lipinski definition) is 5. The van der Waals surface area contributed by atoms with E-state index in [1.54, 1.807) is 13.2 Å². The van der Waals surface area contributed by atoms with Gasteiger partial charge in [0, 0.05) is 18.2 Å². The Morgan fingerprint density at radius 1 is 1.21 bits per heavy atom. The van der Waals surface area contributed by atoms with E-state index in [2.05, 4.69) is 10.6 Å². The van der Waals surface area contributed by atoms with Crippen molar-refractivity contribution in [1.29, 1.82) is 0 Å². The minimum atomic E-state index is -0.606. The molecule has 3 N–H and O–H groups in total. The largest absolute Gasteiger partial charge is 0.494 e. The lowest BCUT2D eigenvalue weighted by Gasteiger charge is -2.36. The third-order valence-electron chi connectivity index (χ3n) is 4.46. The quantitative estimate of drug-likeness (QED) is 0.710. The van der Waals surface area contributed by atoms with E-state index >= 15 is 0 Å². The van der Waals surface area contributed by atoms with Crippen LogP contribution in [0.25, 0.3) is 0 Å². The number of rotatable bonds is 7. The van der Waals surface area contributed by atoms with Gasteiger partial charge >= 0.3 is 6.03 Å². The summed E-state index contributed by atoms with van der Waals surface area (Å²) in [6.07, 6.45) is 3.21. The number of amides is 2. The van der Waals surface area contributed by atoms with Crippen molar-refractivity contribution < 1.29 is 24.1 Å². The number of benzene rings is 1. The summed E-state index contributed by atoms with van der Waals surface area (Å²) in [4.78, 5) is 12.1. The maximum atomic E-state index is 12.1. The fourth-order valence-electron chi connectivity index (χ4n) is 2.92. The molecule has 1 aliphatic carbocycles. The van der Waals surface area contributed by atoms with Crippen molar-refractivity contribution in [3.63, 3.8) is 0 Å². The molecule has 134 valence electrons. The molecule has 0 spiro atoms. The van der Waals surface area contributed by atoms with Crippen LogP contribution in [0.3, 0.4) is 0 Å². The second kappa shape index (κ2) is 7.61. The number of hydrogen-bond donors (Lipinski definition) is 3. The van der Waals surface area contributed by atoms with Gasteiger partial charge < -0.3 is 30.0 Å². The van der Waals surface area contributed by atoms with E-state index in [1.807, 2.05) is 6.92 Å². The molecule has 0 aromatic heterocycles. The third-order valence-corrected chi connectivity index (χ3v) is 4.46. The zero-order valence-corrected chi connectivity index (χ0v) is 14.7. The Hall–Kier alpha value is -2.15. The van der Waals surface area contributed by atoms with E-state index < -0.39 is 5.60 Å². The number of carbonyl (C=O) groups is 1. The number of aliphatic hydroxyl groups is 1. The first-order valence-corrected chi connectivity index (χ1v) is 8.01. The standard InChI is InChI=1S/C17H26N2O5/c1-11-14(23-3)12(10-13(22-2)15(11)24-4)19-16(20)18-9-8-17(21)6-5-7-17/h10,21H,5-9H2,1-4H3,(H2,18,19,20). The molecule has 1 aromatic rings. The van der Waals surface area contributed by atoms with Crippen LogP contribution in [0.5, 0.6) is 17.2 Å². The first-order chi connectivity index (χ1) is 11.4. The van der Waals surface area contributed by atoms with E-state index in [4.69, 9.17) is 14.2 Å². The Kier molecular flexibility index (Phi) is 5.77. The Balaban J connectivity index is 2.04. The summed E-state index contributed by atoms with van der Waals surface area (Å²) < 4.78 is 16.0. The lowest BCUT2D eigenvalue weighted by atomic mass is 9.78. The van der Waals surface area contributed by atoms with Gasteiger partial charge in [-0.3, -0.25) is 0 Å². The maximum Gasteiger partial charge on any atom is 0.319 e. The number of anilines is 1. The molecule has 0 heterocycles. The summed E-state index contributed by atoms with van der Waals surface area (Å²) in [5.41, 5.74) is 0.621. The van der Waals surface area contributed by atoms with E-state index in [0.29, 0.717) is 35.9 Å². The van der Waals surface area contributed by atoms with Gasteiger partial charge in [-0.25, -0.2) is 4.79 Å². The average molecular weight is 338 g/mol. The molecule has 24 heavy (non-hydrogen) atoms. The van der Waals surface area contributed by atoms with Crippen molar-refractivity contribution in [3.05, 3.63) is 11.6 Å². The number of methoxy groups -OCH3 is 3. The number of urea groups is 1. The molecule has 0 aliphatic heterocycles. The van der Waals surface area contributed by atoms with Gasteiger partial charge in [0.15, 0.2) is 11.5 Å². The molecule has 0 bridgehead atoms. The molecule has 1 saturated carbocycles. The van der Waals surface area contributed by atoms with Gasteiger partial charge in [0.1, 0.15) is 5.75 Å². The first-order valence-electron chi connectivity index (χ1n) is 8.01. The van der Waals surface area contributed by atoms with Gasteiger partial charge in [-0.2, -0.15) is 0 Å². The van der Waals surface area contributed by atoms with Crippen LogP contribution in [0.15, 0.2) is 6.07 Å². The van der Waals surface area contributed by atoms with E-state index in [0.717, 1.165) is 24.8 Å². The van der Waals surface area contributed by atoms with E-state index in [-0.39, 0.29) is 6.03 Å². The van der Waals surface area contributed by atoms with Crippen molar-refractivity contribution in [2.75, 3.05) is 33.2 Å². The maximum absolute atomic E-state index is 12.1. The van der Waals surface area contributed by atoms with Crippen LogP contribution in [0, 0.1) is 6.92 Å². The molecule has 0 unspecified atom stereocenters. The number of carbonyl (C=O) groups excluding carboxylic acids is 1. The molecule has 1 fully saturated rings. The summed E-state index contributed by atoms with van der Waals surface area (Å²) in [6.45, 7) is 2.24. The molecule has 0 saturated heterocycles. The summed E-state index contributed by atoms with van der Waals surface area (Å²) in [6, 6.07) is 1.30. The molecule has 2 rings (SSSR count). The minimum absolute atomic E-state index is 0.358. The van der Waals surface area contributed by atoms with Gasteiger partial charge in [0.2, 0.25) is 0 Å². The molecular formula is C17H26N2O5. The van der Waals surface area contributed by atoms with Crippen LogP contribution in [-0.2, 0) is 0 Å². The van der Waals surface area contributed by atoms with Gasteiger partial charge in [0.05, 0.1) is 32.6 Å². The van der Waals surface area contributed by atoms with Crippen LogP contribution in [0.4, 0.5) is 10.5 Å². The highest BCUT2D eigenvalue weighted by Gasteiger charge is 2.33. The van der Waals surface area contributed by atoms with Crippen molar-refractivity contribution in [3.8, 4) is 17.2 Å². The predicted octanol–water partition coefficient (Wildman–Crippen LogP) is 2.45. The number of nitrogens with one attached hydrogen (secondary N) is 2. The first kappa shape index (κ1) is 18.2. The van der Waals surface area contributed by atoms with Crippen LogP contribution in [0.1, 0.15) is 31.2 Å². The van der Waals surface area contributed by atoms with Gasteiger partial charge in [0.25, 0.3) is 0 Å². The highest BCUT2D eigenvalue weighted by molar-refractivity contribution is 5.92. The van der Waals surface area contributed by atoms with Crippen LogP contribution < -0.4 is 24.8 Å². The van der Waals surface area contributed by atoms with Gasteiger partial charge in [-0.05, 0) is 32.6 Å². The summed E-state index contributed by atoms with van der Waals surface area (Å²) >= 11 is 0. The lowest BCUT2D eigenvalue weighted by molar-refractivity contribution is -0.0388. The Bertz CT molecular complexity index is 599. The van der Waals surface area contributed by atoms with Crippen LogP contribution in [0.2, 0.25) is 0 Å². The molecule has 1 aliphatic rings. The topological polar surface area (TPSA) is 89.1 Å². The zero-order chi connectivity index (χ0) is 17.7. The fraction of sp³-hybridized carbons (Fsp3) is 0.588. The highest BCUT2D eigenvalue weighted by atomic mass is 16.5.